The number of carbonyl (C=O) groups excluding carboxylic acids is 1. The third-order valence-corrected chi connectivity index (χ3v) is 2.93. The van der Waals surface area contributed by atoms with Crippen LogP contribution in [0.1, 0.15) is 17.4 Å². The second kappa shape index (κ2) is 4.81. The number of benzene rings is 1. The minimum Gasteiger partial charge on any atom is -0.505 e. The second-order valence-electron chi connectivity index (χ2n) is 3.59. The Morgan fingerprint density at radius 3 is 2.83 bits per heavy atom. The highest BCUT2D eigenvalue weighted by Gasteiger charge is 2.17. The van der Waals surface area contributed by atoms with Gasteiger partial charge < -0.3 is 14.8 Å². The number of aromatic nitrogens is 1. The number of rotatable bonds is 2. The van der Waals surface area contributed by atoms with Gasteiger partial charge in [0.05, 0.1) is 12.0 Å². The molecule has 0 saturated carbocycles. The summed E-state index contributed by atoms with van der Waals surface area (Å²) in [6.45, 7) is 1.81. The van der Waals surface area contributed by atoms with Crippen molar-refractivity contribution in [2.45, 2.75) is 6.92 Å². The molecule has 1 aromatic carbocycles. The number of fused-ring (bicyclic) bond motifs is 1. The number of hydrogen-bond acceptors (Lipinski definition) is 4. The van der Waals surface area contributed by atoms with Gasteiger partial charge in [-0.2, -0.15) is 0 Å². The number of halogens is 1. The highest BCUT2D eigenvalue weighted by Crippen LogP contribution is 2.27. The Bertz CT molecular complexity index is 678. The van der Waals surface area contributed by atoms with Crippen molar-refractivity contribution in [1.29, 1.82) is 0 Å². The first-order chi connectivity index (χ1) is 8.54. The van der Waals surface area contributed by atoms with E-state index in [0.29, 0.717) is 15.2 Å². The quantitative estimate of drug-likeness (QED) is 0.833. The Hall–Kier alpha value is -1.82. The normalized spacial score (nSPS) is 10.6. The van der Waals surface area contributed by atoms with Crippen LogP contribution in [0.25, 0.3) is 10.8 Å². The summed E-state index contributed by atoms with van der Waals surface area (Å²) in [6, 6.07) is 4.81. The number of nitrogens with one attached hydrogen (secondary N) is 1. The lowest BCUT2D eigenvalue weighted by atomic mass is 10.1. The second-order valence-corrected chi connectivity index (χ2v) is 4.50. The van der Waals surface area contributed by atoms with E-state index in [1.54, 1.807) is 25.1 Å². The van der Waals surface area contributed by atoms with Gasteiger partial charge in [0.2, 0.25) is 0 Å². The molecule has 18 heavy (non-hydrogen) atoms. The van der Waals surface area contributed by atoms with E-state index in [9.17, 15) is 14.7 Å². The number of esters is 1. The topological polar surface area (TPSA) is 79.4 Å². The third-order valence-electron chi connectivity index (χ3n) is 2.44. The fourth-order valence-corrected chi connectivity index (χ4v) is 2.00. The van der Waals surface area contributed by atoms with E-state index in [1.807, 2.05) is 0 Å². The molecule has 94 valence electrons. The van der Waals surface area contributed by atoms with Gasteiger partial charge in [-0.25, -0.2) is 4.79 Å². The van der Waals surface area contributed by atoms with Crippen LogP contribution in [0.2, 0.25) is 0 Å². The third kappa shape index (κ3) is 2.11. The minimum atomic E-state index is -0.753. The van der Waals surface area contributed by atoms with E-state index in [4.69, 9.17) is 4.74 Å². The molecule has 0 unspecified atom stereocenters. The number of hydrogen-bond donors (Lipinski definition) is 2. The van der Waals surface area contributed by atoms with Crippen LogP contribution in [0.4, 0.5) is 0 Å². The monoisotopic (exact) mass is 311 g/mol. The number of aromatic amines is 1. The van der Waals surface area contributed by atoms with E-state index in [2.05, 4.69) is 20.9 Å². The summed E-state index contributed by atoms with van der Waals surface area (Å²) in [5.41, 5.74) is -0.677. The predicted molar refractivity (Wildman–Crippen MR) is 69.9 cm³/mol. The van der Waals surface area contributed by atoms with Gasteiger partial charge >= 0.3 is 5.97 Å². The number of H-pyrrole nitrogens is 1. The summed E-state index contributed by atoms with van der Waals surface area (Å²) < 4.78 is 5.47. The van der Waals surface area contributed by atoms with Crippen LogP contribution < -0.4 is 5.56 Å². The molecule has 0 amide bonds. The lowest BCUT2D eigenvalue weighted by molar-refractivity contribution is 0.0516. The highest BCUT2D eigenvalue weighted by molar-refractivity contribution is 9.10. The zero-order valence-electron chi connectivity index (χ0n) is 9.49. The largest absolute Gasteiger partial charge is 0.505 e. The van der Waals surface area contributed by atoms with E-state index in [0.717, 1.165) is 0 Å². The molecule has 0 fully saturated rings. The summed E-state index contributed by atoms with van der Waals surface area (Å²) in [4.78, 5) is 25.7. The maximum Gasteiger partial charge on any atom is 0.358 e. The molecule has 2 rings (SSSR count). The molecule has 2 aromatic rings. The fraction of sp³-hybridized carbons (Fsp3) is 0.167. The molecular formula is C12H10BrNO4. The Morgan fingerprint density at radius 2 is 2.17 bits per heavy atom. The van der Waals surface area contributed by atoms with Gasteiger partial charge in [0, 0.05) is 9.86 Å². The summed E-state index contributed by atoms with van der Waals surface area (Å²) in [6.07, 6.45) is 0. The van der Waals surface area contributed by atoms with Crippen molar-refractivity contribution in [2.24, 2.45) is 0 Å². The van der Waals surface area contributed by atoms with Gasteiger partial charge in [-0.3, -0.25) is 4.79 Å². The standard InChI is InChI=1S/C12H10BrNO4/c1-2-18-12(17)9-10(15)7-4-3-6(13)5-8(7)11(16)14-9/h3-5,15H,2H2,1H3,(H,14,16). The van der Waals surface area contributed by atoms with Crippen LogP contribution in [0.3, 0.4) is 0 Å². The minimum absolute atomic E-state index is 0.165. The molecule has 1 aromatic heterocycles. The Morgan fingerprint density at radius 1 is 1.44 bits per heavy atom. The van der Waals surface area contributed by atoms with Crippen LogP contribution in [0.15, 0.2) is 27.5 Å². The van der Waals surface area contributed by atoms with Crippen molar-refractivity contribution < 1.29 is 14.6 Å². The molecule has 0 atom stereocenters. The van der Waals surface area contributed by atoms with Gasteiger partial charge in [-0.05, 0) is 25.1 Å². The molecule has 0 saturated heterocycles. The number of carbonyl (C=O) groups is 1. The molecule has 0 bridgehead atoms. The van der Waals surface area contributed by atoms with Crippen molar-refractivity contribution in [2.75, 3.05) is 6.61 Å². The molecular weight excluding hydrogens is 302 g/mol. The maximum atomic E-state index is 11.8. The zero-order valence-corrected chi connectivity index (χ0v) is 11.1. The van der Waals surface area contributed by atoms with Gasteiger partial charge in [0.1, 0.15) is 0 Å². The van der Waals surface area contributed by atoms with Gasteiger partial charge in [0.25, 0.3) is 5.56 Å². The Labute approximate surface area is 111 Å². The first-order valence-corrected chi connectivity index (χ1v) is 6.05. The fourth-order valence-electron chi connectivity index (χ4n) is 1.64. The molecule has 1 heterocycles. The molecule has 0 spiro atoms. The van der Waals surface area contributed by atoms with Gasteiger partial charge in [-0.1, -0.05) is 15.9 Å². The molecule has 5 nitrogen and oxygen atoms in total. The average Bonchev–Trinajstić information content (AvgIpc) is 2.34. The molecule has 6 heteroatoms. The first-order valence-electron chi connectivity index (χ1n) is 5.26. The van der Waals surface area contributed by atoms with Crippen LogP contribution in [-0.2, 0) is 4.74 Å². The van der Waals surface area contributed by atoms with Crippen LogP contribution in [-0.4, -0.2) is 22.7 Å². The predicted octanol–water partition coefficient (Wildman–Crippen LogP) is 2.17. The summed E-state index contributed by atoms with van der Waals surface area (Å²) >= 11 is 3.24. The van der Waals surface area contributed by atoms with E-state index in [1.165, 1.54) is 0 Å². The summed E-state index contributed by atoms with van der Waals surface area (Å²) in [5, 5.41) is 10.6. The molecule has 0 aliphatic carbocycles. The number of ether oxygens (including phenoxy) is 1. The Kier molecular flexibility index (Phi) is 3.38. The van der Waals surface area contributed by atoms with Crippen LogP contribution in [0, 0.1) is 0 Å². The molecule has 2 N–H and O–H groups in total. The number of pyridine rings is 1. The van der Waals surface area contributed by atoms with Crippen molar-refractivity contribution in [1.82, 2.24) is 4.98 Å². The summed E-state index contributed by atoms with van der Waals surface area (Å²) in [5.74, 6) is -1.03. The van der Waals surface area contributed by atoms with E-state index >= 15 is 0 Å². The average molecular weight is 312 g/mol. The van der Waals surface area contributed by atoms with Crippen molar-refractivity contribution in [3.05, 3.63) is 38.7 Å². The van der Waals surface area contributed by atoms with E-state index in [-0.39, 0.29) is 18.1 Å². The molecule has 0 aliphatic heterocycles. The van der Waals surface area contributed by atoms with Crippen LogP contribution >= 0.6 is 15.9 Å². The maximum absolute atomic E-state index is 11.8. The smallest absolute Gasteiger partial charge is 0.358 e. The number of aromatic hydroxyl groups is 1. The van der Waals surface area contributed by atoms with Gasteiger partial charge in [0.15, 0.2) is 11.4 Å². The van der Waals surface area contributed by atoms with Crippen molar-refractivity contribution in [3.8, 4) is 5.75 Å². The Balaban J connectivity index is 2.73. The highest BCUT2D eigenvalue weighted by atomic mass is 79.9. The van der Waals surface area contributed by atoms with Crippen LogP contribution in [0.5, 0.6) is 5.75 Å². The van der Waals surface area contributed by atoms with Gasteiger partial charge in [-0.15, -0.1) is 0 Å². The lowest BCUT2D eigenvalue weighted by Crippen LogP contribution is -2.15. The van der Waals surface area contributed by atoms with Crippen molar-refractivity contribution in [3.63, 3.8) is 0 Å². The lowest BCUT2D eigenvalue weighted by Gasteiger charge is -2.07. The van der Waals surface area contributed by atoms with E-state index < -0.39 is 11.5 Å². The summed E-state index contributed by atoms with van der Waals surface area (Å²) in [7, 11) is 0. The first kappa shape index (κ1) is 12.6. The SMILES string of the molecule is CCOC(=O)c1[nH]c(=O)c2cc(Br)ccc2c1O. The van der Waals surface area contributed by atoms with Crippen molar-refractivity contribution >= 4 is 32.7 Å². The molecule has 0 radical (unpaired) electrons. The zero-order chi connectivity index (χ0) is 13.3. The molecule has 0 aliphatic rings.